The topological polar surface area (TPSA) is 26.0 Å². The van der Waals surface area contributed by atoms with E-state index in [9.17, 15) is 0 Å². The second-order valence-electron chi connectivity index (χ2n) is 5.48. The van der Waals surface area contributed by atoms with Crippen molar-refractivity contribution in [3.63, 3.8) is 0 Å². The van der Waals surface area contributed by atoms with Crippen LogP contribution in [0.25, 0.3) is 21.5 Å². The van der Waals surface area contributed by atoms with Crippen molar-refractivity contribution in [2.45, 2.75) is 32.2 Å². The molecule has 102 valence electrons. The first-order chi connectivity index (χ1) is 9.81. The fourth-order valence-corrected chi connectivity index (χ4v) is 3.02. The molecule has 3 rings (SSSR count). The minimum Gasteiger partial charge on any atom is -0.324 e. The molecule has 0 saturated carbocycles. The van der Waals surface area contributed by atoms with Crippen LogP contribution in [-0.2, 0) is 0 Å². The Morgan fingerprint density at radius 3 is 2.00 bits per heavy atom. The summed E-state index contributed by atoms with van der Waals surface area (Å²) in [6.07, 6.45) is 3.42. The average Bonchev–Trinajstić information content (AvgIpc) is 2.50. The zero-order chi connectivity index (χ0) is 13.9. The summed E-state index contributed by atoms with van der Waals surface area (Å²) in [5, 5.41) is 5.17. The predicted molar refractivity (Wildman–Crippen MR) is 87.9 cm³/mol. The van der Waals surface area contributed by atoms with E-state index in [1.165, 1.54) is 39.9 Å². The van der Waals surface area contributed by atoms with Gasteiger partial charge in [-0.15, -0.1) is 0 Å². The Labute approximate surface area is 120 Å². The van der Waals surface area contributed by atoms with Crippen molar-refractivity contribution in [3.05, 3.63) is 60.2 Å². The monoisotopic (exact) mass is 263 g/mol. The molecule has 0 aliphatic heterocycles. The first-order valence-corrected chi connectivity index (χ1v) is 7.47. The maximum Gasteiger partial charge on any atom is 0.0307 e. The van der Waals surface area contributed by atoms with Gasteiger partial charge in [0.1, 0.15) is 0 Å². The van der Waals surface area contributed by atoms with Crippen LogP contribution in [0.1, 0.15) is 37.8 Å². The van der Waals surface area contributed by atoms with E-state index in [1.807, 2.05) is 0 Å². The van der Waals surface area contributed by atoms with Crippen LogP contribution in [0.3, 0.4) is 0 Å². The molecule has 0 unspecified atom stereocenters. The van der Waals surface area contributed by atoms with Crippen LogP contribution in [0.4, 0.5) is 0 Å². The largest absolute Gasteiger partial charge is 0.324 e. The minimum atomic E-state index is 0.117. The molecule has 0 aliphatic carbocycles. The number of benzene rings is 3. The summed E-state index contributed by atoms with van der Waals surface area (Å²) in [4.78, 5) is 0. The summed E-state index contributed by atoms with van der Waals surface area (Å²) >= 11 is 0. The smallest absolute Gasteiger partial charge is 0.0307 e. The van der Waals surface area contributed by atoms with Gasteiger partial charge >= 0.3 is 0 Å². The van der Waals surface area contributed by atoms with Gasteiger partial charge in [0, 0.05) is 6.04 Å². The van der Waals surface area contributed by atoms with Crippen LogP contribution in [0.15, 0.2) is 54.6 Å². The Morgan fingerprint density at radius 2 is 1.45 bits per heavy atom. The molecule has 0 aliphatic rings. The summed E-state index contributed by atoms with van der Waals surface area (Å²) in [7, 11) is 0. The Hall–Kier alpha value is -1.86. The lowest BCUT2D eigenvalue weighted by atomic mass is 9.90. The van der Waals surface area contributed by atoms with Crippen LogP contribution in [0.5, 0.6) is 0 Å². The van der Waals surface area contributed by atoms with Crippen molar-refractivity contribution >= 4 is 21.5 Å². The molecular weight excluding hydrogens is 242 g/mol. The van der Waals surface area contributed by atoms with E-state index in [2.05, 4.69) is 61.5 Å². The SMILES string of the molecule is CCCC[C@H](N)c1c2ccccc2cc2ccccc12. The molecule has 0 amide bonds. The van der Waals surface area contributed by atoms with E-state index in [4.69, 9.17) is 5.73 Å². The summed E-state index contributed by atoms with van der Waals surface area (Å²) in [5.41, 5.74) is 7.83. The predicted octanol–water partition coefficient (Wildman–Crippen LogP) is 5.18. The number of nitrogens with two attached hydrogens (primary N) is 1. The van der Waals surface area contributed by atoms with Crippen molar-refractivity contribution in [2.24, 2.45) is 5.73 Å². The highest BCUT2D eigenvalue weighted by Gasteiger charge is 2.13. The van der Waals surface area contributed by atoms with Gasteiger partial charge in [0.25, 0.3) is 0 Å². The van der Waals surface area contributed by atoms with E-state index in [0.717, 1.165) is 6.42 Å². The second kappa shape index (κ2) is 5.64. The normalized spacial score (nSPS) is 12.9. The first kappa shape index (κ1) is 13.1. The third-order valence-corrected chi connectivity index (χ3v) is 4.05. The summed E-state index contributed by atoms with van der Waals surface area (Å²) in [6, 6.07) is 19.5. The molecule has 0 spiro atoms. The highest BCUT2D eigenvalue weighted by Crippen LogP contribution is 2.33. The zero-order valence-corrected chi connectivity index (χ0v) is 12.0. The Morgan fingerprint density at radius 1 is 0.900 bits per heavy atom. The van der Waals surface area contributed by atoms with E-state index in [-0.39, 0.29) is 6.04 Å². The lowest BCUT2D eigenvalue weighted by molar-refractivity contribution is 0.610. The van der Waals surface area contributed by atoms with Gasteiger partial charge in [-0.1, -0.05) is 68.3 Å². The molecule has 0 fully saturated rings. The van der Waals surface area contributed by atoms with Crippen molar-refractivity contribution in [1.82, 2.24) is 0 Å². The van der Waals surface area contributed by atoms with Crippen LogP contribution in [-0.4, -0.2) is 0 Å². The maximum absolute atomic E-state index is 6.51. The lowest BCUT2D eigenvalue weighted by Gasteiger charge is -2.18. The maximum atomic E-state index is 6.51. The van der Waals surface area contributed by atoms with Crippen molar-refractivity contribution in [3.8, 4) is 0 Å². The fraction of sp³-hybridized carbons (Fsp3) is 0.263. The van der Waals surface area contributed by atoms with Crippen molar-refractivity contribution in [2.75, 3.05) is 0 Å². The van der Waals surface area contributed by atoms with E-state index in [1.54, 1.807) is 0 Å². The molecule has 1 heteroatoms. The molecule has 3 aromatic carbocycles. The third kappa shape index (κ3) is 2.30. The lowest BCUT2D eigenvalue weighted by Crippen LogP contribution is -2.11. The van der Waals surface area contributed by atoms with Gasteiger partial charge in [-0.05, 0) is 39.6 Å². The molecule has 20 heavy (non-hydrogen) atoms. The van der Waals surface area contributed by atoms with Gasteiger partial charge in [0.15, 0.2) is 0 Å². The molecule has 0 bridgehead atoms. The third-order valence-electron chi connectivity index (χ3n) is 4.05. The number of fused-ring (bicyclic) bond motifs is 2. The van der Waals surface area contributed by atoms with Crippen LogP contribution >= 0.6 is 0 Å². The molecule has 1 atom stereocenters. The van der Waals surface area contributed by atoms with E-state index < -0.39 is 0 Å². The number of hydrogen-bond donors (Lipinski definition) is 1. The molecule has 2 N–H and O–H groups in total. The summed E-state index contributed by atoms with van der Waals surface area (Å²) in [5.74, 6) is 0. The second-order valence-corrected chi connectivity index (χ2v) is 5.48. The highest BCUT2D eigenvalue weighted by molar-refractivity contribution is 6.02. The van der Waals surface area contributed by atoms with Gasteiger partial charge < -0.3 is 5.73 Å². The van der Waals surface area contributed by atoms with Crippen molar-refractivity contribution < 1.29 is 0 Å². The summed E-state index contributed by atoms with van der Waals surface area (Å²) < 4.78 is 0. The number of rotatable bonds is 4. The molecule has 0 aromatic heterocycles. The molecular formula is C19H21N. The van der Waals surface area contributed by atoms with Gasteiger partial charge in [-0.2, -0.15) is 0 Å². The summed E-state index contributed by atoms with van der Waals surface area (Å²) in [6.45, 7) is 2.22. The first-order valence-electron chi connectivity index (χ1n) is 7.47. The quantitative estimate of drug-likeness (QED) is 0.645. The minimum absolute atomic E-state index is 0.117. The van der Waals surface area contributed by atoms with Crippen LogP contribution < -0.4 is 5.73 Å². The Kier molecular flexibility index (Phi) is 3.70. The standard InChI is InChI=1S/C19H21N/c1-2-3-12-18(20)19-16-10-6-4-8-14(16)13-15-9-5-7-11-17(15)19/h4-11,13,18H,2-3,12,20H2,1H3/t18-/m0/s1. The number of hydrogen-bond acceptors (Lipinski definition) is 1. The fourth-order valence-electron chi connectivity index (χ4n) is 3.02. The van der Waals surface area contributed by atoms with Gasteiger partial charge in [0.05, 0.1) is 0 Å². The van der Waals surface area contributed by atoms with Gasteiger partial charge in [0.2, 0.25) is 0 Å². The zero-order valence-electron chi connectivity index (χ0n) is 12.0. The van der Waals surface area contributed by atoms with Crippen LogP contribution in [0.2, 0.25) is 0 Å². The van der Waals surface area contributed by atoms with Crippen molar-refractivity contribution in [1.29, 1.82) is 0 Å². The molecule has 3 aromatic rings. The van der Waals surface area contributed by atoms with Gasteiger partial charge in [-0.25, -0.2) is 0 Å². The van der Waals surface area contributed by atoms with E-state index >= 15 is 0 Å². The average molecular weight is 263 g/mol. The molecule has 1 nitrogen and oxygen atoms in total. The number of unbranched alkanes of at least 4 members (excludes halogenated alkanes) is 1. The van der Waals surface area contributed by atoms with Crippen LogP contribution in [0, 0.1) is 0 Å². The van der Waals surface area contributed by atoms with E-state index in [0.29, 0.717) is 0 Å². The molecule has 0 radical (unpaired) electrons. The Bertz CT molecular complexity index is 676. The molecule has 0 heterocycles. The van der Waals surface area contributed by atoms with Gasteiger partial charge in [-0.3, -0.25) is 0 Å². The molecule has 0 saturated heterocycles. The highest BCUT2D eigenvalue weighted by atomic mass is 14.6. The Balaban J connectivity index is 2.27.